The van der Waals surface area contributed by atoms with Gasteiger partial charge in [0.1, 0.15) is 6.04 Å². The van der Waals surface area contributed by atoms with Crippen molar-refractivity contribution in [3.63, 3.8) is 0 Å². The van der Waals surface area contributed by atoms with E-state index in [1.165, 1.54) is 16.4 Å². The van der Waals surface area contributed by atoms with Gasteiger partial charge in [0.2, 0.25) is 15.9 Å². The number of carboxylic acid groups (broad SMARTS) is 1. The molecule has 1 atom stereocenters. The summed E-state index contributed by atoms with van der Waals surface area (Å²) in [6, 6.07) is 3.72. The molecule has 0 spiro atoms. The second-order valence-electron chi connectivity index (χ2n) is 6.26. The fraction of sp³-hybridized carbons (Fsp3) is 0.529. The average molecular weight is 368 g/mol. The van der Waals surface area contributed by atoms with Crippen LogP contribution in [0.4, 0.5) is 5.69 Å². The van der Waals surface area contributed by atoms with E-state index in [1.54, 1.807) is 19.9 Å². The Morgan fingerprint density at radius 2 is 2.04 bits per heavy atom. The number of nitrogens with zero attached hydrogens (tertiary/aromatic N) is 1. The number of benzene rings is 1. The van der Waals surface area contributed by atoms with Crippen molar-refractivity contribution in [2.45, 2.75) is 45.6 Å². The zero-order chi connectivity index (χ0) is 18.6. The minimum absolute atomic E-state index is 0.0182. The van der Waals surface area contributed by atoms with Crippen LogP contribution in [-0.4, -0.2) is 48.0 Å². The summed E-state index contributed by atoms with van der Waals surface area (Å²) in [6.45, 7) is 3.89. The molecule has 2 N–H and O–H groups in total. The van der Waals surface area contributed by atoms with Gasteiger partial charge in [-0.25, -0.2) is 13.2 Å². The molecule has 1 unspecified atom stereocenters. The van der Waals surface area contributed by atoms with Crippen molar-refractivity contribution in [1.29, 1.82) is 0 Å². The van der Waals surface area contributed by atoms with Gasteiger partial charge in [0.25, 0.3) is 0 Å². The third-order valence-corrected chi connectivity index (χ3v) is 6.39. The summed E-state index contributed by atoms with van der Waals surface area (Å²) in [6.07, 6.45) is 2.48. The summed E-state index contributed by atoms with van der Waals surface area (Å²) in [7, 11) is -3.47. The Morgan fingerprint density at radius 1 is 1.32 bits per heavy atom. The number of sulfonamides is 1. The molecule has 8 heteroatoms. The van der Waals surface area contributed by atoms with Gasteiger partial charge < -0.3 is 10.4 Å². The summed E-state index contributed by atoms with van der Waals surface area (Å²) in [5, 5.41) is 11.8. The van der Waals surface area contributed by atoms with Crippen molar-refractivity contribution in [1.82, 2.24) is 4.31 Å². The first-order valence-corrected chi connectivity index (χ1v) is 10.0. The maximum absolute atomic E-state index is 12.7. The number of amides is 1. The third kappa shape index (κ3) is 4.58. The van der Waals surface area contributed by atoms with E-state index < -0.39 is 27.9 Å². The fourth-order valence-corrected chi connectivity index (χ4v) is 4.73. The van der Waals surface area contributed by atoms with Crippen molar-refractivity contribution in [2.75, 3.05) is 17.6 Å². The maximum atomic E-state index is 12.7. The minimum Gasteiger partial charge on any atom is -0.478 e. The molecule has 0 radical (unpaired) electrons. The van der Waals surface area contributed by atoms with Crippen LogP contribution in [0.15, 0.2) is 18.2 Å². The molecule has 1 aromatic carbocycles. The molecule has 1 aromatic rings. The van der Waals surface area contributed by atoms with Gasteiger partial charge in [-0.1, -0.05) is 19.4 Å². The molecule has 7 nitrogen and oxygen atoms in total. The first-order chi connectivity index (χ1) is 11.8. The second kappa shape index (κ2) is 7.97. The normalized spacial score (nSPS) is 18.7. The predicted molar refractivity (Wildman–Crippen MR) is 95.2 cm³/mol. The zero-order valence-electron chi connectivity index (χ0n) is 14.5. The molecule has 0 bridgehead atoms. The Balaban J connectivity index is 2.24. The molecule has 1 heterocycles. The molecule has 0 aliphatic carbocycles. The molecule has 1 aliphatic heterocycles. The first kappa shape index (κ1) is 19.4. The van der Waals surface area contributed by atoms with Crippen molar-refractivity contribution in [3.8, 4) is 0 Å². The lowest BCUT2D eigenvalue weighted by atomic mass is 10.0. The molecule has 0 aromatic heterocycles. The second-order valence-corrected chi connectivity index (χ2v) is 8.30. The van der Waals surface area contributed by atoms with Crippen molar-refractivity contribution in [3.05, 3.63) is 29.3 Å². The number of carbonyl (C=O) groups is 2. The van der Waals surface area contributed by atoms with Crippen LogP contribution in [0.25, 0.3) is 0 Å². The third-order valence-electron chi connectivity index (χ3n) is 4.32. The van der Waals surface area contributed by atoms with Crippen LogP contribution in [-0.2, 0) is 14.8 Å². The molecular formula is C17H24N2O5S. The number of aromatic carboxylic acids is 1. The van der Waals surface area contributed by atoms with E-state index in [1.807, 2.05) is 0 Å². The highest BCUT2D eigenvalue weighted by Crippen LogP contribution is 2.24. The van der Waals surface area contributed by atoms with E-state index in [0.717, 1.165) is 18.4 Å². The standard InChI is InChI=1S/C17H24N2O5S/c1-3-10-25(23,24)19-9-5-4-6-15(19)16(20)18-14-11-13(17(21)22)8-7-12(14)2/h7-8,11,15H,3-6,9-10H2,1-2H3,(H,18,20)(H,21,22). The number of anilines is 1. The van der Waals surface area contributed by atoms with E-state index >= 15 is 0 Å². The van der Waals surface area contributed by atoms with Gasteiger partial charge in [-0.15, -0.1) is 0 Å². The van der Waals surface area contributed by atoms with E-state index in [0.29, 0.717) is 25.1 Å². The summed E-state index contributed by atoms with van der Waals surface area (Å²) < 4.78 is 26.2. The number of hydrogen-bond acceptors (Lipinski definition) is 4. The lowest BCUT2D eigenvalue weighted by molar-refractivity contribution is -0.120. The van der Waals surface area contributed by atoms with Gasteiger partial charge in [0, 0.05) is 12.2 Å². The van der Waals surface area contributed by atoms with E-state index in [9.17, 15) is 18.0 Å². The smallest absolute Gasteiger partial charge is 0.335 e. The lowest BCUT2D eigenvalue weighted by Gasteiger charge is -2.33. The number of carboxylic acids is 1. The van der Waals surface area contributed by atoms with Crippen molar-refractivity contribution in [2.24, 2.45) is 0 Å². The summed E-state index contributed by atoms with van der Waals surface area (Å²) in [5.74, 6) is -1.48. The van der Waals surface area contributed by atoms with Crippen LogP contribution >= 0.6 is 0 Å². The van der Waals surface area contributed by atoms with Crippen LogP contribution in [0.3, 0.4) is 0 Å². The van der Waals surface area contributed by atoms with Crippen LogP contribution < -0.4 is 5.32 Å². The SMILES string of the molecule is CCCS(=O)(=O)N1CCCCC1C(=O)Nc1cc(C(=O)O)ccc1C. The highest BCUT2D eigenvalue weighted by molar-refractivity contribution is 7.89. The van der Waals surface area contributed by atoms with Crippen LogP contribution in [0, 0.1) is 6.92 Å². The maximum Gasteiger partial charge on any atom is 0.335 e. The number of hydrogen-bond donors (Lipinski definition) is 2. The Morgan fingerprint density at radius 3 is 2.68 bits per heavy atom. The molecule has 1 fully saturated rings. The van der Waals surface area contributed by atoms with Gasteiger partial charge in [-0.05, 0) is 43.9 Å². The topological polar surface area (TPSA) is 104 Å². The van der Waals surface area contributed by atoms with E-state index in [2.05, 4.69) is 5.32 Å². The molecule has 25 heavy (non-hydrogen) atoms. The first-order valence-electron chi connectivity index (χ1n) is 8.40. The molecule has 1 amide bonds. The fourth-order valence-electron chi connectivity index (χ4n) is 2.98. The predicted octanol–water partition coefficient (Wildman–Crippen LogP) is 2.23. The highest BCUT2D eigenvalue weighted by atomic mass is 32.2. The number of rotatable bonds is 6. The summed E-state index contributed by atoms with van der Waals surface area (Å²) in [5.41, 5.74) is 1.18. The Bertz CT molecular complexity index is 760. The number of carbonyl (C=O) groups excluding carboxylic acids is 1. The number of piperidine rings is 1. The van der Waals surface area contributed by atoms with E-state index in [-0.39, 0.29) is 11.3 Å². The van der Waals surface area contributed by atoms with E-state index in [4.69, 9.17) is 5.11 Å². The molecule has 0 saturated carbocycles. The lowest BCUT2D eigenvalue weighted by Crippen LogP contribution is -2.50. The molecular weight excluding hydrogens is 344 g/mol. The van der Waals surface area contributed by atoms with Crippen LogP contribution in [0.5, 0.6) is 0 Å². The van der Waals surface area contributed by atoms with Gasteiger partial charge in [-0.3, -0.25) is 4.79 Å². The molecule has 138 valence electrons. The van der Waals surface area contributed by atoms with Gasteiger partial charge in [0.05, 0.1) is 11.3 Å². The van der Waals surface area contributed by atoms with Crippen LogP contribution in [0.1, 0.15) is 48.5 Å². The Hall–Kier alpha value is -1.93. The monoisotopic (exact) mass is 368 g/mol. The van der Waals surface area contributed by atoms with Gasteiger partial charge in [-0.2, -0.15) is 4.31 Å². The largest absolute Gasteiger partial charge is 0.478 e. The van der Waals surface area contributed by atoms with Crippen LogP contribution in [0.2, 0.25) is 0 Å². The zero-order valence-corrected chi connectivity index (χ0v) is 15.3. The minimum atomic E-state index is -3.47. The summed E-state index contributed by atoms with van der Waals surface area (Å²) in [4.78, 5) is 23.8. The number of nitrogens with one attached hydrogen (secondary N) is 1. The van der Waals surface area contributed by atoms with Gasteiger partial charge in [0.15, 0.2) is 0 Å². The Kier molecular flexibility index (Phi) is 6.18. The van der Waals surface area contributed by atoms with Gasteiger partial charge >= 0.3 is 5.97 Å². The van der Waals surface area contributed by atoms with Crippen molar-refractivity contribution < 1.29 is 23.1 Å². The molecule has 2 rings (SSSR count). The van der Waals surface area contributed by atoms with Crippen molar-refractivity contribution >= 4 is 27.6 Å². The quantitative estimate of drug-likeness (QED) is 0.801. The highest BCUT2D eigenvalue weighted by Gasteiger charge is 2.36. The number of aryl methyl sites for hydroxylation is 1. The summed E-state index contributed by atoms with van der Waals surface area (Å²) >= 11 is 0. The Labute approximate surface area is 148 Å². The molecule has 1 saturated heterocycles. The molecule has 1 aliphatic rings. The average Bonchev–Trinajstić information content (AvgIpc) is 2.56.